The third-order valence-corrected chi connectivity index (χ3v) is 7.82. The van der Waals surface area contributed by atoms with E-state index in [1.54, 1.807) is 12.1 Å². The minimum absolute atomic E-state index is 0. The van der Waals surface area contributed by atoms with E-state index in [-0.39, 0.29) is 30.6 Å². The Hall–Kier alpha value is -1.47. The Labute approximate surface area is 218 Å². The van der Waals surface area contributed by atoms with Crippen LogP contribution >= 0.6 is 24.8 Å². The molecule has 1 saturated carbocycles. The largest absolute Gasteiger partial charge is 0.573 e. The van der Waals surface area contributed by atoms with Gasteiger partial charge in [0, 0.05) is 26.2 Å². The first-order chi connectivity index (χ1) is 15.9. The summed E-state index contributed by atoms with van der Waals surface area (Å²) in [5, 5.41) is 0. The van der Waals surface area contributed by atoms with Crippen LogP contribution in [0.3, 0.4) is 0 Å². The zero-order valence-electron chi connectivity index (χ0n) is 19.9. The van der Waals surface area contributed by atoms with Gasteiger partial charge >= 0.3 is 6.36 Å². The Morgan fingerprint density at radius 3 is 2.11 bits per heavy atom. The fourth-order valence-electron chi connectivity index (χ4n) is 6.18. The second kappa shape index (κ2) is 12.2. The van der Waals surface area contributed by atoms with Crippen molar-refractivity contribution in [3.63, 3.8) is 0 Å². The molecule has 2 heterocycles. The Morgan fingerprint density at radius 2 is 1.46 bits per heavy atom. The summed E-state index contributed by atoms with van der Waals surface area (Å²) in [7, 11) is 0. The average Bonchev–Trinajstić information content (AvgIpc) is 3.51. The molecule has 2 aromatic carbocycles. The monoisotopic (exact) mass is 530 g/mol. The zero-order chi connectivity index (χ0) is 22.8. The summed E-state index contributed by atoms with van der Waals surface area (Å²) in [5.41, 5.74) is 3.94. The zero-order valence-corrected chi connectivity index (χ0v) is 21.5. The number of hydrogen-bond acceptors (Lipinski definition) is 3. The van der Waals surface area contributed by atoms with Crippen molar-refractivity contribution in [1.29, 1.82) is 0 Å². The van der Waals surface area contributed by atoms with Gasteiger partial charge in [-0.05, 0) is 91.8 Å². The summed E-state index contributed by atoms with van der Waals surface area (Å²) in [6, 6.07) is 15.7. The van der Waals surface area contributed by atoms with Crippen LogP contribution in [0, 0.1) is 11.8 Å². The van der Waals surface area contributed by atoms with E-state index in [2.05, 4.69) is 38.8 Å². The number of rotatable bonds is 7. The highest BCUT2D eigenvalue weighted by atomic mass is 35.5. The molecular formula is C27H35Cl2F3N2O. The maximum atomic E-state index is 12.4. The van der Waals surface area contributed by atoms with Gasteiger partial charge in [0.2, 0.25) is 0 Å². The van der Waals surface area contributed by atoms with Gasteiger partial charge in [0.25, 0.3) is 0 Å². The van der Waals surface area contributed by atoms with Crippen LogP contribution in [-0.4, -0.2) is 48.9 Å². The molecule has 1 aliphatic carbocycles. The van der Waals surface area contributed by atoms with E-state index in [1.807, 2.05) is 0 Å². The van der Waals surface area contributed by atoms with Gasteiger partial charge in [0.05, 0.1) is 0 Å². The minimum atomic E-state index is -4.64. The molecule has 0 amide bonds. The van der Waals surface area contributed by atoms with Crippen LogP contribution in [0.4, 0.5) is 13.2 Å². The number of nitrogens with zero attached hydrogens (tertiary/aromatic N) is 2. The van der Waals surface area contributed by atoms with Crippen LogP contribution < -0.4 is 4.74 Å². The highest BCUT2D eigenvalue weighted by molar-refractivity contribution is 5.85. The van der Waals surface area contributed by atoms with Crippen molar-refractivity contribution in [2.24, 2.45) is 11.8 Å². The Kier molecular flexibility index (Phi) is 9.78. The van der Waals surface area contributed by atoms with Crippen molar-refractivity contribution in [2.75, 3.05) is 32.7 Å². The summed E-state index contributed by atoms with van der Waals surface area (Å²) in [4.78, 5) is 5.03. The van der Waals surface area contributed by atoms with Gasteiger partial charge in [-0.3, -0.25) is 4.90 Å². The lowest BCUT2D eigenvalue weighted by molar-refractivity contribution is -0.274. The Bertz CT molecular complexity index is 918. The predicted molar refractivity (Wildman–Crippen MR) is 138 cm³/mol. The molecule has 3 fully saturated rings. The van der Waals surface area contributed by atoms with Crippen LogP contribution in [-0.2, 0) is 13.0 Å². The summed E-state index contributed by atoms with van der Waals surface area (Å²) >= 11 is 0. The Balaban J connectivity index is 0.00000171. The summed E-state index contributed by atoms with van der Waals surface area (Å²) in [5.74, 6) is 1.86. The molecule has 35 heavy (non-hydrogen) atoms. The van der Waals surface area contributed by atoms with Gasteiger partial charge in [-0.25, -0.2) is 0 Å². The number of likely N-dealkylation sites (tertiary alicyclic amines) is 2. The molecule has 0 radical (unpaired) electrons. The fourth-order valence-corrected chi connectivity index (χ4v) is 6.18. The van der Waals surface area contributed by atoms with Gasteiger partial charge in [0.15, 0.2) is 0 Å². The average molecular weight is 531 g/mol. The van der Waals surface area contributed by atoms with Gasteiger partial charge in [0.1, 0.15) is 5.75 Å². The van der Waals surface area contributed by atoms with E-state index < -0.39 is 6.36 Å². The lowest BCUT2D eigenvalue weighted by Gasteiger charge is -2.22. The summed E-state index contributed by atoms with van der Waals surface area (Å²) < 4.78 is 41.1. The van der Waals surface area contributed by atoms with Gasteiger partial charge in [-0.1, -0.05) is 36.4 Å². The molecule has 3 aliphatic rings. The predicted octanol–water partition coefficient (Wildman–Crippen LogP) is 6.69. The quantitative estimate of drug-likeness (QED) is 0.396. The molecule has 0 N–H and O–H groups in total. The van der Waals surface area contributed by atoms with E-state index in [4.69, 9.17) is 0 Å². The second-order valence-corrected chi connectivity index (χ2v) is 10.0. The third-order valence-electron chi connectivity index (χ3n) is 7.82. The number of halogens is 5. The molecule has 2 aliphatic heterocycles. The SMILES string of the molecule is Cl.Cl.FC(F)(F)Oc1ccc(CN2CC3CCC(c4ccc(CCN5CCCC5)cc4)C3C2)cc1. The summed E-state index contributed by atoms with van der Waals surface area (Å²) in [6.45, 7) is 6.60. The first-order valence-electron chi connectivity index (χ1n) is 12.3. The molecular weight excluding hydrogens is 496 g/mol. The van der Waals surface area contributed by atoms with E-state index in [0.717, 1.165) is 37.5 Å². The smallest absolute Gasteiger partial charge is 0.406 e. The number of benzene rings is 2. The van der Waals surface area contributed by atoms with Crippen LogP contribution in [0.15, 0.2) is 48.5 Å². The number of alkyl halides is 3. The fraction of sp³-hybridized carbons (Fsp3) is 0.556. The van der Waals surface area contributed by atoms with Gasteiger partial charge in [-0.15, -0.1) is 38.0 Å². The molecule has 2 aromatic rings. The van der Waals surface area contributed by atoms with Crippen molar-refractivity contribution < 1.29 is 17.9 Å². The molecule has 3 nitrogen and oxygen atoms in total. The Morgan fingerprint density at radius 1 is 0.800 bits per heavy atom. The molecule has 2 saturated heterocycles. The first-order valence-corrected chi connectivity index (χ1v) is 12.3. The topological polar surface area (TPSA) is 15.7 Å². The molecule has 8 heteroatoms. The van der Waals surface area contributed by atoms with E-state index >= 15 is 0 Å². The first kappa shape index (κ1) is 28.1. The summed E-state index contributed by atoms with van der Waals surface area (Å²) in [6.07, 6.45) is 1.71. The van der Waals surface area contributed by atoms with E-state index in [0.29, 0.717) is 11.8 Å². The number of ether oxygens (including phenoxy) is 1. The van der Waals surface area contributed by atoms with Crippen LogP contribution in [0.25, 0.3) is 0 Å². The highest BCUT2D eigenvalue weighted by Crippen LogP contribution is 2.47. The molecule has 0 spiro atoms. The highest BCUT2D eigenvalue weighted by Gasteiger charge is 2.42. The maximum Gasteiger partial charge on any atom is 0.573 e. The van der Waals surface area contributed by atoms with Crippen molar-refractivity contribution in [3.8, 4) is 5.75 Å². The van der Waals surface area contributed by atoms with Gasteiger partial charge in [-0.2, -0.15) is 0 Å². The maximum absolute atomic E-state index is 12.4. The molecule has 3 atom stereocenters. The second-order valence-electron chi connectivity index (χ2n) is 10.0. The van der Waals surface area contributed by atoms with Gasteiger partial charge < -0.3 is 9.64 Å². The molecule has 5 rings (SSSR count). The minimum Gasteiger partial charge on any atom is -0.406 e. The standard InChI is InChI=1S/C27H33F3N2O.2ClH/c28-27(29,30)33-24-10-5-21(6-11-24)17-32-18-23-9-12-25(26(23)19-32)22-7-3-20(4-8-22)13-16-31-14-1-2-15-31;;/h3-8,10-11,23,25-26H,1-2,9,12-19H2;2*1H. The molecule has 0 bridgehead atoms. The van der Waals surface area contributed by atoms with Crippen LogP contribution in [0.2, 0.25) is 0 Å². The lowest BCUT2D eigenvalue weighted by Crippen LogP contribution is -2.22. The van der Waals surface area contributed by atoms with Crippen LogP contribution in [0.5, 0.6) is 5.75 Å². The molecule has 194 valence electrons. The molecule has 0 aromatic heterocycles. The molecule has 3 unspecified atom stereocenters. The van der Waals surface area contributed by atoms with Crippen molar-refractivity contribution in [3.05, 3.63) is 65.2 Å². The van der Waals surface area contributed by atoms with Crippen molar-refractivity contribution in [2.45, 2.75) is 50.9 Å². The number of hydrogen-bond donors (Lipinski definition) is 0. The van der Waals surface area contributed by atoms with Crippen molar-refractivity contribution >= 4 is 24.8 Å². The van der Waals surface area contributed by atoms with E-state index in [1.165, 1.54) is 68.6 Å². The lowest BCUT2D eigenvalue weighted by atomic mass is 9.86. The van der Waals surface area contributed by atoms with Crippen LogP contribution in [0.1, 0.15) is 48.3 Å². The van der Waals surface area contributed by atoms with Crippen molar-refractivity contribution in [1.82, 2.24) is 9.80 Å². The van der Waals surface area contributed by atoms with E-state index in [9.17, 15) is 13.2 Å². The normalized spacial score (nSPS) is 24.6. The third kappa shape index (κ3) is 7.28. The number of fused-ring (bicyclic) bond motifs is 1.